The summed E-state index contributed by atoms with van der Waals surface area (Å²) in [7, 11) is 1.86. The van der Waals surface area contributed by atoms with Gasteiger partial charge in [0.05, 0.1) is 5.69 Å². The van der Waals surface area contributed by atoms with Gasteiger partial charge in [0.15, 0.2) is 0 Å². The number of hydrogen-bond acceptors (Lipinski definition) is 5. The van der Waals surface area contributed by atoms with E-state index in [-0.39, 0.29) is 5.91 Å². The van der Waals surface area contributed by atoms with Crippen LogP contribution in [0.3, 0.4) is 0 Å². The van der Waals surface area contributed by atoms with Crippen molar-refractivity contribution >= 4 is 11.7 Å². The van der Waals surface area contributed by atoms with Gasteiger partial charge in [0, 0.05) is 38.0 Å². The first-order valence-corrected chi connectivity index (χ1v) is 5.88. The quantitative estimate of drug-likeness (QED) is 0.522. The SMILES string of the molecule is Cn1ccc(CCNC(=O)c2ccnc(NN)c2)n1. The molecule has 2 rings (SSSR count). The van der Waals surface area contributed by atoms with Gasteiger partial charge in [-0.25, -0.2) is 10.8 Å². The van der Waals surface area contributed by atoms with Gasteiger partial charge in [0.25, 0.3) is 5.91 Å². The Bertz CT molecular complexity index is 565. The Morgan fingerprint density at radius 1 is 1.47 bits per heavy atom. The van der Waals surface area contributed by atoms with Gasteiger partial charge in [-0.3, -0.25) is 9.48 Å². The number of nitrogen functional groups attached to an aromatic ring is 1. The zero-order chi connectivity index (χ0) is 13.7. The third-order valence-corrected chi connectivity index (χ3v) is 2.61. The van der Waals surface area contributed by atoms with Gasteiger partial charge < -0.3 is 10.7 Å². The summed E-state index contributed by atoms with van der Waals surface area (Å²) < 4.78 is 1.74. The topological polar surface area (TPSA) is 97.9 Å². The predicted octanol–water partition coefficient (Wildman–Crippen LogP) is 0.0732. The minimum Gasteiger partial charge on any atom is -0.352 e. The van der Waals surface area contributed by atoms with E-state index in [2.05, 4.69) is 20.8 Å². The van der Waals surface area contributed by atoms with E-state index in [4.69, 9.17) is 5.84 Å². The number of hydrogen-bond donors (Lipinski definition) is 3. The molecule has 0 unspecified atom stereocenters. The van der Waals surface area contributed by atoms with Crippen LogP contribution in [0, 0.1) is 0 Å². The van der Waals surface area contributed by atoms with Gasteiger partial charge in [0.1, 0.15) is 5.82 Å². The van der Waals surface area contributed by atoms with Gasteiger partial charge in [-0.1, -0.05) is 0 Å². The molecular formula is C12H16N6O. The van der Waals surface area contributed by atoms with Crippen LogP contribution in [-0.2, 0) is 13.5 Å². The minimum atomic E-state index is -0.158. The van der Waals surface area contributed by atoms with Crippen LogP contribution in [0.5, 0.6) is 0 Å². The maximum atomic E-state index is 11.9. The molecule has 4 N–H and O–H groups in total. The van der Waals surface area contributed by atoms with E-state index in [9.17, 15) is 4.79 Å². The molecule has 0 aliphatic rings. The molecule has 2 aromatic heterocycles. The Labute approximate surface area is 110 Å². The van der Waals surface area contributed by atoms with Crippen molar-refractivity contribution in [2.24, 2.45) is 12.9 Å². The fraction of sp³-hybridized carbons (Fsp3) is 0.250. The average molecular weight is 260 g/mol. The molecule has 19 heavy (non-hydrogen) atoms. The van der Waals surface area contributed by atoms with E-state index >= 15 is 0 Å². The van der Waals surface area contributed by atoms with Crippen molar-refractivity contribution in [3.63, 3.8) is 0 Å². The summed E-state index contributed by atoms with van der Waals surface area (Å²) in [5.74, 6) is 5.54. The second-order valence-electron chi connectivity index (χ2n) is 4.06. The summed E-state index contributed by atoms with van der Waals surface area (Å²) in [5.41, 5.74) is 3.87. The highest BCUT2D eigenvalue weighted by atomic mass is 16.1. The number of pyridine rings is 1. The summed E-state index contributed by atoms with van der Waals surface area (Å²) in [6.45, 7) is 0.531. The maximum absolute atomic E-state index is 11.9. The number of aryl methyl sites for hydroxylation is 1. The molecule has 0 spiro atoms. The first-order chi connectivity index (χ1) is 9.19. The van der Waals surface area contributed by atoms with Crippen LogP contribution in [0.2, 0.25) is 0 Å². The van der Waals surface area contributed by atoms with Crippen molar-refractivity contribution in [3.05, 3.63) is 41.9 Å². The van der Waals surface area contributed by atoms with Crippen LogP contribution < -0.4 is 16.6 Å². The molecule has 7 nitrogen and oxygen atoms in total. The van der Waals surface area contributed by atoms with Crippen molar-refractivity contribution in [1.82, 2.24) is 20.1 Å². The van der Waals surface area contributed by atoms with Crippen molar-refractivity contribution in [2.75, 3.05) is 12.0 Å². The maximum Gasteiger partial charge on any atom is 0.251 e. The molecule has 0 radical (unpaired) electrons. The van der Waals surface area contributed by atoms with Gasteiger partial charge in [-0.2, -0.15) is 5.10 Å². The highest BCUT2D eigenvalue weighted by Gasteiger charge is 2.06. The lowest BCUT2D eigenvalue weighted by Gasteiger charge is -2.05. The standard InChI is InChI=1S/C12H16N6O/c1-18-7-4-10(17-18)3-6-15-12(19)9-2-5-14-11(8-9)16-13/h2,4-5,7-8H,3,6,13H2,1H3,(H,14,16)(H,15,19). The predicted molar refractivity (Wildman–Crippen MR) is 71.3 cm³/mol. The fourth-order valence-corrected chi connectivity index (χ4v) is 1.65. The molecule has 0 atom stereocenters. The molecule has 2 aromatic rings. The fourth-order valence-electron chi connectivity index (χ4n) is 1.65. The number of amides is 1. The van der Waals surface area contributed by atoms with Crippen LogP contribution in [-0.4, -0.2) is 27.2 Å². The number of nitrogens with one attached hydrogen (secondary N) is 2. The molecule has 0 saturated heterocycles. The molecule has 0 aliphatic carbocycles. The molecule has 100 valence electrons. The van der Waals surface area contributed by atoms with Gasteiger partial charge in [-0.05, 0) is 18.2 Å². The highest BCUT2D eigenvalue weighted by molar-refractivity contribution is 5.94. The molecule has 0 fully saturated rings. The Hall–Kier alpha value is -2.41. The van der Waals surface area contributed by atoms with Gasteiger partial charge in [0.2, 0.25) is 0 Å². The first kappa shape index (κ1) is 13.0. The Kier molecular flexibility index (Phi) is 4.09. The number of aromatic nitrogens is 3. The number of carbonyl (C=O) groups excluding carboxylic acids is 1. The molecule has 2 heterocycles. The Balaban J connectivity index is 1.87. The summed E-state index contributed by atoms with van der Waals surface area (Å²) in [6.07, 6.45) is 4.10. The van der Waals surface area contributed by atoms with Crippen molar-refractivity contribution in [2.45, 2.75) is 6.42 Å². The minimum absolute atomic E-state index is 0.158. The Morgan fingerprint density at radius 2 is 2.32 bits per heavy atom. The smallest absolute Gasteiger partial charge is 0.251 e. The molecule has 0 aromatic carbocycles. The van der Waals surface area contributed by atoms with Crippen LogP contribution in [0.4, 0.5) is 5.82 Å². The van der Waals surface area contributed by atoms with E-state index in [1.165, 1.54) is 6.20 Å². The van der Waals surface area contributed by atoms with Crippen LogP contribution in [0.15, 0.2) is 30.6 Å². The Morgan fingerprint density at radius 3 is 3.00 bits per heavy atom. The highest BCUT2D eigenvalue weighted by Crippen LogP contribution is 2.05. The molecular weight excluding hydrogens is 244 g/mol. The first-order valence-electron chi connectivity index (χ1n) is 5.88. The van der Waals surface area contributed by atoms with Crippen molar-refractivity contribution in [3.8, 4) is 0 Å². The number of hydrazine groups is 1. The van der Waals surface area contributed by atoms with E-state index in [0.29, 0.717) is 24.3 Å². The van der Waals surface area contributed by atoms with Gasteiger partial charge in [-0.15, -0.1) is 0 Å². The third kappa shape index (κ3) is 3.52. The largest absolute Gasteiger partial charge is 0.352 e. The van der Waals surface area contributed by atoms with E-state index in [0.717, 1.165) is 5.69 Å². The number of rotatable bonds is 5. The van der Waals surface area contributed by atoms with E-state index in [1.54, 1.807) is 16.8 Å². The molecule has 0 saturated carbocycles. The lowest BCUT2D eigenvalue weighted by atomic mass is 10.2. The monoisotopic (exact) mass is 260 g/mol. The van der Waals surface area contributed by atoms with Gasteiger partial charge >= 0.3 is 0 Å². The zero-order valence-corrected chi connectivity index (χ0v) is 10.6. The summed E-state index contributed by atoms with van der Waals surface area (Å²) in [5, 5.41) is 7.06. The van der Waals surface area contributed by atoms with Crippen molar-refractivity contribution < 1.29 is 4.79 Å². The summed E-state index contributed by atoms with van der Waals surface area (Å²) in [6, 6.07) is 5.15. The van der Waals surface area contributed by atoms with Crippen molar-refractivity contribution in [1.29, 1.82) is 0 Å². The van der Waals surface area contributed by atoms with Crippen LogP contribution in [0.25, 0.3) is 0 Å². The summed E-state index contributed by atoms with van der Waals surface area (Å²) >= 11 is 0. The van der Waals surface area contributed by atoms with Crippen LogP contribution in [0.1, 0.15) is 16.1 Å². The number of nitrogens with zero attached hydrogens (tertiary/aromatic N) is 3. The molecule has 1 amide bonds. The average Bonchev–Trinajstić information content (AvgIpc) is 2.84. The molecule has 0 aliphatic heterocycles. The number of anilines is 1. The lowest BCUT2D eigenvalue weighted by molar-refractivity contribution is 0.0954. The zero-order valence-electron chi connectivity index (χ0n) is 10.6. The molecule has 7 heteroatoms. The number of carbonyl (C=O) groups is 1. The molecule has 0 bridgehead atoms. The normalized spacial score (nSPS) is 10.2. The number of nitrogens with two attached hydrogens (primary N) is 1. The third-order valence-electron chi connectivity index (χ3n) is 2.61. The van der Waals surface area contributed by atoms with E-state index in [1.807, 2.05) is 19.3 Å². The van der Waals surface area contributed by atoms with Crippen LogP contribution >= 0.6 is 0 Å². The summed E-state index contributed by atoms with van der Waals surface area (Å²) in [4.78, 5) is 15.8. The second-order valence-corrected chi connectivity index (χ2v) is 4.06. The second kappa shape index (κ2) is 5.96. The lowest BCUT2D eigenvalue weighted by Crippen LogP contribution is -2.26. The van der Waals surface area contributed by atoms with E-state index < -0.39 is 0 Å².